The van der Waals surface area contributed by atoms with Crippen LogP contribution in [0.4, 0.5) is 11.4 Å². The second kappa shape index (κ2) is 6.17. The minimum Gasteiger partial charge on any atom is -0.464 e. The molecular formula is C12H14BrN3O4. The summed E-state index contributed by atoms with van der Waals surface area (Å²) in [6.07, 6.45) is 4.10. The molecule has 108 valence electrons. The van der Waals surface area contributed by atoms with Gasteiger partial charge in [-0.3, -0.25) is 15.1 Å². The highest BCUT2D eigenvalue weighted by molar-refractivity contribution is 9.10. The SMILES string of the molecule is CCOC(=O)C1CCCN1c1c(Br)cncc1[N+](=O)[O-]. The summed E-state index contributed by atoms with van der Waals surface area (Å²) < 4.78 is 5.54. The number of hydrogen-bond acceptors (Lipinski definition) is 6. The van der Waals surface area contributed by atoms with E-state index >= 15 is 0 Å². The Balaban J connectivity index is 2.39. The molecular weight excluding hydrogens is 330 g/mol. The maximum atomic E-state index is 12.0. The third-order valence-electron chi connectivity index (χ3n) is 3.15. The number of nitrogens with zero attached hydrogens (tertiary/aromatic N) is 3. The van der Waals surface area contributed by atoms with Crippen LogP contribution in [0.15, 0.2) is 16.9 Å². The highest BCUT2D eigenvalue weighted by Crippen LogP contribution is 2.38. The lowest BCUT2D eigenvalue weighted by atomic mass is 10.2. The molecule has 7 nitrogen and oxygen atoms in total. The number of ether oxygens (including phenoxy) is 1. The van der Waals surface area contributed by atoms with E-state index in [1.165, 1.54) is 12.4 Å². The molecule has 20 heavy (non-hydrogen) atoms. The van der Waals surface area contributed by atoms with Crippen molar-refractivity contribution < 1.29 is 14.5 Å². The van der Waals surface area contributed by atoms with Crippen LogP contribution >= 0.6 is 15.9 Å². The van der Waals surface area contributed by atoms with Gasteiger partial charge in [0.15, 0.2) is 0 Å². The topological polar surface area (TPSA) is 85.6 Å². The minimum absolute atomic E-state index is 0.115. The van der Waals surface area contributed by atoms with E-state index < -0.39 is 11.0 Å². The van der Waals surface area contributed by atoms with Crippen LogP contribution in [0.3, 0.4) is 0 Å². The van der Waals surface area contributed by atoms with Gasteiger partial charge in [-0.2, -0.15) is 0 Å². The Morgan fingerprint density at radius 1 is 1.65 bits per heavy atom. The second-order valence-corrected chi connectivity index (χ2v) is 5.20. The molecule has 0 spiro atoms. The van der Waals surface area contributed by atoms with Gasteiger partial charge < -0.3 is 9.64 Å². The molecule has 2 heterocycles. The van der Waals surface area contributed by atoms with Gasteiger partial charge in [-0.15, -0.1) is 0 Å². The standard InChI is InChI=1S/C12H14BrN3O4/c1-2-20-12(17)9-4-3-5-15(9)11-8(13)6-14-7-10(11)16(18)19/h6-7,9H,2-5H2,1H3. The molecule has 1 unspecified atom stereocenters. The van der Waals surface area contributed by atoms with E-state index in [2.05, 4.69) is 20.9 Å². The molecule has 0 aromatic carbocycles. The predicted molar refractivity (Wildman–Crippen MR) is 75.6 cm³/mol. The number of anilines is 1. The number of carbonyl (C=O) groups excluding carboxylic acids is 1. The van der Waals surface area contributed by atoms with Crippen molar-refractivity contribution in [1.82, 2.24) is 4.98 Å². The van der Waals surface area contributed by atoms with E-state index in [0.717, 1.165) is 6.42 Å². The molecule has 1 aliphatic heterocycles. The highest BCUT2D eigenvalue weighted by atomic mass is 79.9. The number of aromatic nitrogens is 1. The Morgan fingerprint density at radius 3 is 3.05 bits per heavy atom. The van der Waals surface area contributed by atoms with Gasteiger partial charge in [-0.1, -0.05) is 0 Å². The van der Waals surface area contributed by atoms with E-state index in [4.69, 9.17) is 4.74 Å². The van der Waals surface area contributed by atoms with Crippen LogP contribution in [0, 0.1) is 10.1 Å². The number of hydrogen-bond donors (Lipinski definition) is 0. The zero-order valence-electron chi connectivity index (χ0n) is 10.9. The van der Waals surface area contributed by atoms with Gasteiger partial charge in [0, 0.05) is 12.7 Å². The number of rotatable bonds is 4. The summed E-state index contributed by atoms with van der Waals surface area (Å²) >= 11 is 3.28. The van der Waals surface area contributed by atoms with Crippen molar-refractivity contribution in [2.24, 2.45) is 0 Å². The maximum Gasteiger partial charge on any atom is 0.328 e. The molecule has 2 rings (SSSR count). The van der Waals surface area contributed by atoms with E-state index in [1.54, 1.807) is 11.8 Å². The summed E-state index contributed by atoms with van der Waals surface area (Å²) in [6, 6.07) is -0.479. The van der Waals surface area contributed by atoms with Crippen LogP contribution in [0.2, 0.25) is 0 Å². The molecule has 1 aromatic heterocycles. The van der Waals surface area contributed by atoms with Gasteiger partial charge in [0.1, 0.15) is 17.9 Å². The fourth-order valence-corrected chi connectivity index (χ4v) is 2.90. The predicted octanol–water partition coefficient (Wildman–Crippen LogP) is 2.28. The summed E-state index contributed by atoms with van der Waals surface area (Å²) in [5.41, 5.74) is 0.274. The Morgan fingerprint density at radius 2 is 2.40 bits per heavy atom. The van der Waals surface area contributed by atoms with Crippen molar-refractivity contribution >= 4 is 33.3 Å². The van der Waals surface area contributed by atoms with Crippen LogP contribution < -0.4 is 4.90 Å². The molecule has 8 heteroatoms. The van der Waals surface area contributed by atoms with E-state index in [0.29, 0.717) is 29.7 Å². The van der Waals surface area contributed by atoms with Crippen LogP contribution in [0.1, 0.15) is 19.8 Å². The van der Waals surface area contributed by atoms with Crippen molar-refractivity contribution in [1.29, 1.82) is 0 Å². The Kier molecular flexibility index (Phi) is 4.53. The molecule has 0 saturated carbocycles. The molecule has 0 bridgehead atoms. The normalized spacial score (nSPS) is 18.1. The Bertz CT molecular complexity index is 537. The second-order valence-electron chi connectivity index (χ2n) is 4.35. The average molecular weight is 344 g/mol. The number of halogens is 1. The van der Waals surface area contributed by atoms with Crippen LogP contribution in [0.5, 0.6) is 0 Å². The van der Waals surface area contributed by atoms with Gasteiger partial charge in [-0.05, 0) is 35.7 Å². The minimum atomic E-state index is -0.492. The molecule has 1 aromatic rings. The molecule has 1 aliphatic rings. The lowest BCUT2D eigenvalue weighted by molar-refractivity contribution is -0.384. The molecule has 1 fully saturated rings. The smallest absolute Gasteiger partial charge is 0.328 e. The monoisotopic (exact) mass is 343 g/mol. The van der Waals surface area contributed by atoms with Gasteiger partial charge in [0.25, 0.3) is 0 Å². The first kappa shape index (κ1) is 14.7. The number of nitro groups is 1. The van der Waals surface area contributed by atoms with Crippen LogP contribution in [-0.2, 0) is 9.53 Å². The van der Waals surface area contributed by atoms with Crippen LogP contribution in [0.25, 0.3) is 0 Å². The summed E-state index contributed by atoms with van der Waals surface area (Å²) in [4.78, 5) is 28.1. The van der Waals surface area contributed by atoms with Crippen LogP contribution in [-0.4, -0.2) is 35.1 Å². The van der Waals surface area contributed by atoms with Gasteiger partial charge >= 0.3 is 11.7 Å². The average Bonchev–Trinajstić information content (AvgIpc) is 2.87. The first-order chi connectivity index (χ1) is 9.56. The zero-order chi connectivity index (χ0) is 14.7. The van der Waals surface area contributed by atoms with E-state index in [9.17, 15) is 14.9 Å². The number of carbonyl (C=O) groups is 1. The molecule has 0 aliphatic carbocycles. The molecule has 0 amide bonds. The fraction of sp³-hybridized carbons (Fsp3) is 0.500. The number of pyridine rings is 1. The number of esters is 1. The first-order valence-electron chi connectivity index (χ1n) is 6.27. The lowest BCUT2D eigenvalue weighted by Gasteiger charge is -2.25. The summed E-state index contributed by atoms with van der Waals surface area (Å²) in [5, 5.41) is 11.1. The van der Waals surface area contributed by atoms with E-state index in [1.807, 2.05) is 0 Å². The third kappa shape index (κ3) is 2.74. The van der Waals surface area contributed by atoms with Crippen molar-refractivity contribution in [2.75, 3.05) is 18.1 Å². The van der Waals surface area contributed by atoms with Crippen molar-refractivity contribution in [2.45, 2.75) is 25.8 Å². The molecule has 0 N–H and O–H groups in total. The fourth-order valence-electron chi connectivity index (χ4n) is 2.35. The maximum absolute atomic E-state index is 12.0. The molecule has 1 atom stereocenters. The highest BCUT2D eigenvalue weighted by Gasteiger charge is 2.36. The third-order valence-corrected chi connectivity index (χ3v) is 3.73. The molecule has 1 saturated heterocycles. The summed E-state index contributed by atoms with van der Waals surface area (Å²) in [6.45, 7) is 2.61. The van der Waals surface area contributed by atoms with Crippen molar-refractivity contribution in [3.63, 3.8) is 0 Å². The van der Waals surface area contributed by atoms with Gasteiger partial charge in [0.05, 0.1) is 16.0 Å². The Labute approximate surface area is 124 Å². The lowest BCUT2D eigenvalue weighted by Crippen LogP contribution is -2.38. The quantitative estimate of drug-likeness (QED) is 0.473. The summed E-state index contributed by atoms with van der Waals surface area (Å²) in [7, 11) is 0. The van der Waals surface area contributed by atoms with Crippen molar-refractivity contribution in [3.05, 3.63) is 27.0 Å². The van der Waals surface area contributed by atoms with E-state index in [-0.39, 0.29) is 11.7 Å². The zero-order valence-corrected chi connectivity index (χ0v) is 12.5. The Hall–Kier alpha value is -1.70. The largest absolute Gasteiger partial charge is 0.464 e. The van der Waals surface area contributed by atoms with Gasteiger partial charge in [0.2, 0.25) is 0 Å². The summed E-state index contributed by atoms with van der Waals surface area (Å²) in [5.74, 6) is -0.344. The van der Waals surface area contributed by atoms with Gasteiger partial charge in [-0.25, -0.2) is 4.79 Å². The first-order valence-corrected chi connectivity index (χ1v) is 7.06. The van der Waals surface area contributed by atoms with Crippen molar-refractivity contribution in [3.8, 4) is 0 Å². The molecule has 0 radical (unpaired) electrons.